The average Bonchev–Trinajstić information content (AvgIpc) is 3.08. The van der Waals surface area contributed by atoms with E-state index < -0.39 is 5.97 Å². The smallest absolute Gasteiger partial charge is 0.352 e. The summed E-state index contributed by atoms with van der Waals surface area (Å²) in [6.07, 6.45) is 1.67. The maximum absolute atomic E-state index is 12.1. The molecule has 3 aromatic carbocycles. The number of hydrogen-bond acceptors (Lipinski definition) is 3. The zero-order chi connectivity index (χ0) is 18.8. The predicted octanol–water partition coefficient (Wildman–Crippen LogP) is 4.49. The van der Waals surface area contributed by atoms with Crippen LogP contribution in [0.5, 0.6) is 0 Å². The van der Waals surface area contributed by atoms with Gasteiger partial charge < -0.3 is 5.11 Å². The summed E-state index contributed by atoms with van der Waals surface area (Å²) in [7, 11) is 0. The Bertz CT molecular complexity index is 1160. The third-order valence-corrected chi connectivity index (χ3v) is 4.43. The van der Waals surface area contributed by atoms with Crippen LogP contribution >= 0.6 is 0 Å². The van der Waals surface area contributed by atoms with E-state index in [4.69, 9.17) is 0 Å². The molecule has 0 aliphatic heterocycles. The van der Waals surface area contributed by atoms with E-state index in [-0.39, 0.29) is 5.70 Å². The highest BCUT2D eigenvalue weighted by Gasteiger charge is 2.20. The normalized spacial score (nSPS) is 11.7. The Labute approximate surface area is 156 Å². The number of fused-ring (bicyclic) bond motifs is 1. The van der Waals surface area contributed by atoms with Gasteiger partial charge in [0, 0.05) is 5.56 Å². The number of carboxylic acid groups (broad SMARTS) is 1. The quantitative estimate of drug-likeness (QED) is 0.548. The molecule has 0 bridgehead atoms. The fourth-order valence-corrected chi connectivity index (χ4v) is 3.17. The van der Waals surface area contributed by atoms with Crippen molar-refractivity contribution in [3.05, 3.63) is 84.2 Å². The molecule has 132 valence electrons. The molecule has 4 aromatic rings. The number of hydrogen-bond donors (Lipinski definition) is 1. The van der Waals surface area contributed by atoms with E-state index in [0.717, 1.165) is 21.9 Å². The molecule has 0 saturated heterocycles. The van der Waals surface area contributed by atoms with Gasteiger partial charge in [-0.25, -0.2) is 4.79 Å². The van der Waals surface area contributed by atoms with Crippen molar-refractivity contribution < 1.29 is 9.90 Å². The van der Waals surface area contributed by atoms with Crippen LogP contribution < -0.4 is 0 Å². The second kappa shape index (κ2) is 6.88. The molecule has 5 heteroatoms. The fourth-order valence-electron chi connectivity index (χ4n) is 3.17. The molecule has 0 aliphatic carbocycles. The topological polar surface area (TPSA) is 68.0 Å². The van der Waals surface area contributed by atoms with Crippen LogP contribution in [0.4, 0.5) is 0 Å². The van der Waals surface area contributed by atoms with Gasteiger partial charge in [0.05, 0.1) is 0 Å². The lowest BCUT2D eigenvalue weighted by Crippen LogP contribution is -2.11. The van der Waals surface area contributed by atoms with E-state index in [9.17, 15) is 9.90 Å². The zero-order valence-corrected chi connectivity index (χ0v) is 14.7. The molecule has 1 aromatic heterocycles. The van der Waals surface area contributed by atoms with Crippen molar-refractivity contribution in [1.29, 1.82) is 0 Å². The molecule has 1 heterocycles. The van der Waals surface area contributed by atoms with Crippen LogP contribution in [0.2, 0.25) is 0 Å². The Balaban J connectivity index is 1.94. The number of aliphatic carboxylic acids is 1. The van der Waals surface area contributed by atoms with Crippen LogP contribution in [0.1, 0.15) is 11.4 Å². The second-order valence-corrected chi connectivity index (χ2v) is 6.18. The molecular weight excluding hydrogens is 338 g/mol. The van der Waals surface area contributed by atoms with Crippen LogP contribution in [-0.2, 0) is 4.79 Å². The van der Waals surface area contributed by atoms with Gasteiger partial charge in [-0.3, -0.25) is 4.57 Å². The molecular formula is C22H17N3O2. The van der Waals surface area contributed by atoms with Crippen molar-refractivity contribution in [2.45, 2.75) is 6.92 Å². The van der Waals surface area contributed by atoms with Gasteiger partial charge in [-0.05, 0) is 29.3 Å². The largest absolute Gasteiger partial charge is 0.477 e. The lowest BCUT2D eigenvalue weighted by molar-refractivity contribution is -0.130. The maximum atomic E-state index is 12.1. The minimum atomic E-state index is -1.04. The maximum Gasteiger partial charge on any atom is 0.352 e. The minimum absolute atomic E-state index is 0.104. The second-order valence-electron chi connectivity index (χ2n) is 6.18. The van der Waals surface area contributed by atoms with Crippen LogP contribution in [0.25, 0.3) is 33.9 Å². The Kier molecular flexibility index (Phi) is 4.26. The van der Waals surface area contributed by atoms with E-state index in [1.165, 1.54) is 0 Å². The lowest BCUT2D eigenvalue weighted by Gasteiger charge is -2.11. The van der Waals surface area contributed by atoms with E-state index >= 15 is 0 Å². The lowest BCUT2D eigenvalue weighted by atomic mass is 10.0. The SMILES string of the molecule is Cc1nnc(-c2ccccc2)n1/C(=C\c1cccc2ccccc12)C(=O)O. The number of benzene rings is 3. The number of carboxylic acids is 1. The van der Waals surface area contributed by atoms with E-state index in [0.29, 0.717) is 11.6 Å². The summed E-state index contributed by atoms with van der Waals surface area (Å²) in [5.74, 6) is -0.0206. The highest BCUT2D eigenvalue weighted by Crippen LogP contribution is 2.26. The van der Waals surface area contributed by atoms with Gasteiger partial charge >= 0.3 is 5.97 Å². The van der Waals surface area contributed by atoms with Gasteiger partial charge in [0.1, 0.15) is 11.5 Å². The molecule has 0 saturated carbocycles. The molecule has 1 N–H and O–H groups in total. The molecule has 27 heavy (non-hydrogen) atoms. The van der Waals surface area contributed by atoms with Crippen LogP contribution in [0.15, 0.2) is 72.8 Å². The van der Waals surface area contributed by atoms with Gasteiger partial charge in [0.15, 0.2) is 5.82 Å². The standard InChI is InChI=1S/C22H17N3O2/c1-15-23-24-21(17-9-3-2-4-10-17)25(15)20(22(26)27)14-18-12-7-11-16-8-5-6-13-19(16)18/h2-14H,1H3,(H,26,27)/b20-14-. The molecule has 0 atom stereocenters. The van der Waals surface area contributed by atoms with Gasteiger partial charge in [-0.2, -0.15) is 0 Å². The molecule has 4 rings (SSSR count). The average molecular weight is 355 g/mol. The third kappa shape index (κ3) is 3.11. The Morgan fingerprint density at radius 2 is 1.63 bits per heavy atom. The van der Waals surface area contributed by atoms with Crippen LogP contribution in [-0.4, -0.2) is 25.8 Å². The fraction of sp³-hybridized carbons (Fsp3) is 0.0455. The van der Waals surface area contributed by atoms with Crippen LogP contribution in [0, 0.1) is 6.92 Å². The number of rotatable bonds is 4. The number of aryl methyl sites for hydroxylation is 1. The minimum Gasteiger partial charge on any atom is -0.477 e. The summed E-state index contributed by atoms with van der Waals surface area (Å²) in [6, 6.07) is 23.2. The summed E-state index contributed by atoms with van der Waals surface area (Å²) in [5.41, 5.74) is 1.74. The summed E-state index contributed by atoms with van der Waals surface area (Å²) in [5, 5.41) is 20.3. The Hall–Kier alpha value is -3.73. The number of carbonyl (C=O) groups is 1. The molecule has 0 fully saturated rings. The predicted molar refractivity (Wildman–Crippen MR) is 106 cm³/mol. The molecule has 0 aliphatic rings. The monoisotopic (exact) mass is 355 g/mol. The molecule has 0 unspecified atom stereocenters. The van der Waals surface area contributed by atoms with Crippen molar-refractivity contribution in [3.63, 3.8) is 0 Å². The zero-order valence-electron chi connectivity index (χ0n) is 14.7. The molecule has 0 spiro atoms. The van der Waals surface area contributed by atoms with Gasteiger partial charge in [-0.1, -0.05) is 72.8 Å². The van der Waals surface area contributed by atoms with Gasteiger partial charge in [0.25, 0.3) is 0 Å². The highest BCUT2D eigenvalue weighted by atomic mass is 16.4. The molecule has 0 radical (unpaired) electrons. The first kappa shape index (κ1) is 16.7. The van der Waals surface area contributed by atoms with E-state index in [2.05, 4.69) is 10.2 Å². The first-order chi connectivity index (χ1) is 13.1. The number of nitrogens with zero attached hydrogens (tertiary/aromatic N) is 3. The molecule has 0 amide bonds. The first-order valence-electron chi connectivity index (χ1n) is 8.56. The summed E-state index contributed by atoms with van der Waals surface area (Å²) in [4.78, 5) is 12.1. The Morgan fingerprint density at radius 3 is 2.41 bits per heavy atom. The van der Waals surface area contributed by atoms with Gasteiger partial charge in [-0.15, -0.1) is 10.2 Å². The number of aromatic nitrogens is 3. The summed E-state index contributed by atoms with van der Waals surface area (Å²) < 4.78 is 1.58. The van der Waals surface area contributed by atoms with Gasteiger partial charge in [0.2, 0.25) is 0 Å². The van der Waals surface area contributed by atoms with Crippen molar-refractivity contribution in [2.75, 3.05) is 0 Å². The van der Waals surface area contributed by atoms with E-state index in [1.54, 1.807) is 17.6 Å². The summed E-state index contributed by atoms with van der Waals surface area (Å²) >= 11 is 0. The molecule has 5 nitrogen and oxygen atoms in total. The van der Waals surface area contributed by atoms with Crippen molar-refractivity contribution in [2.24, 2.45) is 0 Å². The first-order valence-corrected chi connectivity index (χ1v) is 8.56. The third-order valence-electron chi connectivity index (χ3n) is 4.43. The van der Waals surface area contributed by atoms with Crippen molar-refractivity contribution in [1.82, 2.24) is 14.8 Å². The van der Waals surface area contributed by atoms with E-state index in [1.807, 2.05) is 72.8 Å². The highest BCUT2D eigenvalue weighted by molar-refractivity contribution is 6.16. The Morgan fingerprint density at radius 1 is 0.926 bits per heavy atom. The summed E-state index contributed by atoms with van der Waals surface area (Å²) in [6.45, 7) is 1.75. The van der Waals surface area contributed by atoms with Crippen molar-refractivity contribution in [3.8, 4) is 11.4 Å². The van der Waals surface area contributed by atoms with Crippen molar-refractivity contribution >= 4 is 28.5 Å². The van der Waals surface area contributed by atoms with Crippen LogP contribution in [0.3, 0.4) is 0 Å².